The summed E-state index contributed by atoms with van der Waals surface area (Å²) in [5.41, 5.74) is 3.02. The number of rotatable bonds is 11. The van der Waals surface area contributed by atoms with Crippen molar-refractivity contribution in [2.45, 2.75) is 31.8 Å². The molecule has 7 nitrogen and oxygen atoms in total. The van der Waals surface area contributed by atoms with Gasteiger partial charge in [-0.1, -0.05) is 54.1 Å². The molecule has 2 unspecified atom stereocenters. The van der Waals surface area contributed by atoms with Crippen LogP contribution < -0.4 is 14.4 Å². The van der Waals surface area contributed by atoms with Gasteiger partial charge in [0, 0.05) is 48.9 Å². The zero-order valence-corrected chi connectivity index (χ0v) is 24.4. The zero-order chi connectivity index (χ0) is 28.6. The van der Waals surface area contributed by atoms with E-state index in [1.807, 2.05) is 41.3 Å². The van der Waals surface area contributed by atoms with Crippen LogP contribution in [0, 0.1) is 0 Å². The first kappa shape index (κ1) is 29.3. The predicted octanol–water partition coefficient (Wildman–Crippen LogP) is 6.68. The van der Waals surface area contributed by atoms with Gasteiger partial charge in [-0.05, 0) is 66.9 Å². The average Bonchev–Trinajstić information content (AvgIpc) is 3.45. The molecule has 216 valence electrons. The number of halogens is 2. The molecule has 3 aromatic carbocycles. The highest BCUT2D eigenvalue weighted by molar-refractivity contribution is 6.35. The molecular formula is C32H34Cl2N2O5. The molecule has 2 saturated heterocycles. The lowest BCUT2D eigenvalue weighted by atomic mass is 10.1. The Kier molecular flexibility index (Phi) is 10.1. The Hall–Kier alpha value is -3.23. The number of benzene rings is 3. The number of anilines is 1. The lowest BCUT2D eigenvalue weighted by Crippen LogP contribution is -2.48. The Morgan fingerprint density at radius 3 is 2.41 bits per heavy atom. The summed E-state index contributed by atoms with van der Waals surface area (Å²) in [6.45, 7) is 7.46. The SMILES string of the molecule is C=CCOc1ccc(CCCC(=O)N2CCN(c3ccc(OC4COC(c5ccc(Cl)cc5Cl)O4)cc3)CC2)cc1. The van der Waals surface area contributed by atoms with Crippen molar-refractivity contribution in [1.29, 1.82) is 0 Å². The van der Waals surface area contributed by atoms with Gasteiger partial charge in [-0.25, -0.2) is 0 Å². The predicted molar refractivity (Wildman–Crippen MR) is 161 cm³/mol. The van der Waals surface area contributed by atoms with E-state index < -0.39 is 12.6 Å². The maximum atomic E-state index is 12.8. The number of hydrogen-bond acceptors (Lipinski definition) is 6. The average molecular weight is 598 g/mol. The minimum absolute atomic E-state index is 0.219. The van der Waals surface area contributed by atoms with Gasteiger partial charge in [0.2, 0.25) is 12.2 Å². The molecule has 0 spiro atoms. The number of hydrogen-bond donors (Lipinski definition) is 0. The highest BCUT2D eigenvalue weighted by Crippen LogP contribution is 2.34. The van der Waals surface area contributed by atoms with Crippen molar-refractivity contribution in [1.82, 2.24) is 4.90 Å². The lowest BCUT2D eigenvalue weighted by molar-refractivity contribution is -0.131. The summed E-state index contributed by atoms with van der Waals surface area (Å²) in [7, 11) is 0. The van der Waals surface area contributed by atoms with Gasteiger partial charge in [-0.15, -0.1) is 0 Å². The smallest absolute Gasteiger partial charge is 0.226 e. The van der Waals surface area contributed by atoms with Gasteiger partial charge in [0.05, 0.1) is 5.02 Å². The van der Waals surface area contributed by atoms with Gasteiger partial charge in [0.1, 0.15) is 24.7 Å². The Balaban J connectivity index is 1.02. The van der Waals surface area contributed by atoms with Crippen molar-refractivity contribution in [3.63, 3.8) is 0 Å². The van der Waals surface area contributed by atoms with E-state index in [0.29, 0.717) is 48.5 Å². The first-order chi connectivity index (χ1) is 20.0. The minimum Gasteiger partial charge on any atom is -0.490 e. The van der Waals surface area contributed by atoms with Gasteiger partial charge in [0.25, 0.3) is 0 Å². The molecule has 2 fully saturated rings. The Morgan fingerprint density at radius 1 is 0.976 bits per heavy atom. The second-order valence-electron chi connectivity index (χ2n) is 9.97. The lowest BCUT2D eigenvalue weighted by Gasteiger charge is -2.36. The first-order valence-electron chi connectivity index (χ1n) is 13.8. The van der Waals surface area contributed by atoms with Gasteiger partial charge < -0.3 is 28.7 Å². The zero-order valence-electron chi connectivity index (χ0n) is 22.8. The van der Waals surface area contributed by atoms with Crippen LogP contribution in [0.1, 0.15) is 30.3 Å². The quantitative estimate of drug-likeness (QED) is 0.230. The molecule has 3 aromatic rings. The van der Waals surface area contributed by atoms with Crippen LogP contribution in [0.3, 0.4) is 0 Å². The van der Waals surface area contributed by atoms with Crippen molar-refractivity contribution in [3.8, 4) is 11.5 Å². The Bertz CT molecular complexity index is 1310. The normalized spacial score (nSPS) is 18.8. The molecule has 2 heterocycles. The van der Waals surface area contributed by atoms with Gasteiger partial charge in [0.15, 0.2) is 6.29 Å². The van der Waals surface area contributed by atoms with Gasteiger partial charge in [-0.3, -0.25) is 4.79 Å². The summed E-state index contributed by atoms with van der Waals surface area (Å²) >= 11 is 12.3. The number of piperazine rings is 1. The third-order valence-electron chi connectivity index (χ3n) is 7.12. The molecule has 41 heavy (non-hydrogen) atoms. The maximum Gasteiger partial charge on any atom is 0.226 e. The number of nitrogens with zero attached hydrogens (tertiary/aromatic N) is 2. The molecule has 0 aliphatic carbocycles. The largest absolute Gasteiger partial charge is 0.490 e. The molecule has 2 aliphatic rings. The summed E-state index contributed by atoms with van der Waals surface area (Å²) in [6, 6.07) is 21.2. The van der Waals surface area contributed by atoms with Crippen molar-refractivity contribution >= 4 is 34.8 Å². The van der Waals surface area contributed by atoms with Crippen LogP contribution in [0.15, 0.2) is 79.4 Å². The van der Waals surface area contributed by atoms with E-state index in [4.69, 9.17) is 42.1 Å². The number of carbonyl (C=O) groups excluding carboxylic acids is 1. The standard InChI is InChI=1S/C32H34Cl2N2O5/c1-2-20-38-26-11-6-23(7-12-26)4-3-5-30(37)36-18-16-35(17-19-36)25-9-13-27(14-10-25)40-31-22-39-32(41-31)28-15-8-24(33)21-29(28)34/h2,6-15,21,31-32H,1,3-5,16-20,22H2. The Morgan fingerprint density at radius 2 is 1.71 bits per heavy atom. The summed E-state index contributed by atoms with van der Waals surface area (Å²) < 4.78 is 23.1. The van der Waals surface area contributed by atoms with Crippen LogP contribution in [0.2, 0.25) is 10.0 Å². The van der Waals surface area contributed by atoms with Crippen LogP contribution in [0.5, 0.6) is 11.5 Å². The fourth-order valence-electron chi connectivity index (χ4n) is 4.91. The minimum atomic E-state index is -0.600. The van der Waals surface area contributed by atoms with E-state index in [-0.39, 0.29) is 5.91 Å². The topological polar surface area (TPSA) is 60.5 Å². The van der Waals surface area contributed by atoms with E-state index in [1.165, 1.54) is 5.56 Å². The van der Waals surface area contributed by atoms with Crippen molar-refractivity contribution in [2.75, 3.05) is 44.3 Å². The highest BCUT2D eigenvalue weighted by atomic mass is 35.5. The highest BCUT2D eigenvalue weighted by Gasteiger charge is 2.30. The van der Waals surface area contributed by atoms with Crippen molar-refractivity contribution in [2.24, 2.45) is 0 Å². The van der Waals surface area contributed by atoms with E-state index in [2.05, 4.69) is 23.6 Å². The molecule has 2 atom stereocenters. The number of carbonyl (C=O) groups is 1. The Labute approximate surface area is 251 Å². The third-order valence-corrected chi connectivity index (χ3v) is 7.69. The molecule has 0 saturated carbocycles. The fraction of sp³-hybridized carbons (Fsp3) is 0.344. The van der Waals surface area contributed by atoms with Crippen LogP contribution in [0.4, 0.5) is 5.69 Å². The molecule has 0 N–H and O–H groups in total. The summed E-state index contributed by atoms with van der Waals surface area (Å²) in [6.07, 6.45) is 2.84. The van der Waals surface area contributed by atoms with Gasteiger partial charge >= 0.3 is 0 Å². The number of ether oxygens (including phenoxy) is 4. The monoisotopic (exact) mass is 596 g/mol. The number of amides is 1. The molecule has 5 rings (SSSR count). The van der Waals surface area contributed by atoms with Crippen molar-refractivity contribution in [3.05, 3.63) is 101 Å². The molecule has 0 aromatic heterocycles. The third kappa shape index (κ3) is 7.95. The molecule has 1 amide bonds. The van der Waals surface area contributed by atoms with Gasteiger partial charge in [-0.2, -0.15) is 0 Å². The molecular weight excluding hydrogens is 563 g/mol. The summed E-state index contributed by atoms with van der Waals surface area (Å²) in [5.74, 6) is 1.74. The van der Waals surface area contributed by atoms with E-state index in [0.717, 1.165) is 42.9 Å². The van der Waals surface area contributed by atoms with Crippen LogP contribution in [-0.4, -0.2) is 56.5 Å². The molecule has 0 bridgehead atoms. The second kappa shape index (κ2) is 14.1. The van der Waals surface area contributed by atoms with Crippen molar-refractivity contribution < 1.29 is 23.7 Å². The first-order valence-corrected chi connectivity index (χ1v) is 14.6. The second-order valence-corrected chi connectivity index (χ2v) is 10.8. The molecule has 9 heteroatoms. The molecule has 0 radical (unpaired) electrons. The van der Waals surface area contributed by atoms with Crippen LogP contribution in [0.25, 0.3) is 0 Å². The molecule has 2 aliphatic heterocycles. The summed E-state index contributed by atoms with van der Waals surface area (Å²) in [5, 5.41) is 1.05. The van der Waals surface area contributed by atoms with E-state index in [9.17, 15) is 4.79 Å². The van der Waals surface area contributed by atoms with E-state index >= 15 is 0 Å². The van der Waals surface area contributed by atoms with Crippen LogP contribution >= 0.6 is 23.2 Å². The van der Waals surface area contributed by atoms with E-state index in [1.54, 1.807) is 24.3 Å². The summed E-state index contributed by atoms with van der Waals surface area (Å²) in [4.78, 5) is 17.0. The fourth-order valence-corrected chi connectivity index (χ4v) is 5.41. The van der Waals surface area contributed by atoms with Crippen LogP contribution in [-0.2, 0) is 20.7 Å². The number of aryl methyl sites for hydroxylation is 1. The maximum absolute atomic E-state index is 12.8.